The molecule has 3 heteroatoms. The zero-order valence-corrected chi connectivity index (χ0v) is 23.3. The third-order valence-corrected chi connectivity index (χ3v) is 9.17. The molecule has 0 N–H and O–H groups in total. The van der Waals surface area contributed by atoms with E-state index in [0.717, 1.165) is 5.69 Å². The van der Waals surface area contributed by atoms with Crippen LogP contribution < -0.4 is 0 Å². The molecule has 200 valence electrons. The first-order valence-corrected chi connectivity index (χ1v) is 14.8. The van der Waals surface area contributed by atoms with Gasteiger partial charge in [-0.25, -0.2) is 0 Å². The average molecular weight is 548 g/mol. The van der Waals surface area contributed by atoms with E-state index in [1.807, 2.05) is 0 Å². The average Bonchev–Trinajstić information content (AvgIpc) is 3.73. The maximum atomic E-state index is 2.48. The van der Waals surface area contributed by atoms with Gasteiger partial charge in [0.15, 0.2) is 0 Å². The molecule has 4 aromatic heterocycles. The molecule has 3 nitrogen and oxygen atoms in total. The Morgan fingerprint density at radius 1 is 0.326 bits per heavy atom. The highest BCUT2D eigenvalue weighted by molar-refractivity contribution is 6.25. The SMILES string of the molecule is c1ccc(-n2c3ccccc3c3cc(-n4c5ccccc5c5c6ccccc6c6cc7ccccc7n6c54)ccc32)cc1. The molecule has 10 aromatic rings. The largest absolute Gasteiger partial charge is 0.309 e. The molecule has 0 bridgehead atoms. The zero-order valence-electron chi connectivity index (χ0n) is 23.3. The summed E-state index contributed by atoms with van der Waals surface area (Å²) >= 11 is 0. The van der Waals surface area contributed by atoms with E-state index >= 15 is 0 Å². The van der Waals surface area contributed by atoms with Crippen LogP contribution >= 0.6 is 0 Å². The fourth-order valence-corrected chi connectivity index (χ4v) is 7.43. The number of rotatable bonds is 2. The second kappa shape index (κ2) is 8.37. The van der Waals surface area contributed by atoms with E-state index in [9.17, 15) is 0 Å². The van der Waals surface area contributed by atoms with Gasteiger partial charge in [-0.2, -0.15) is 0 Å². The van der Waals surface area contributed by atoms with Crippen molar-refractivity contribution < 1.29 is 0 Å². The van der Waals surface area contributed by atoms with Gasteiger partial charge in [-0.15, -0.1) is 0 Å². The standard InChI is InChI=1S/C40H25N3/c1-2-13-27(14-3-1)41-35-20-10-7-16-30(35)33-25-28(22-23-37(33)41)42-36-21-11-8-18-32(36)39-31-17-6-5-15-29(31)38-24-26-12-4-9-19-34(26)43(38)40(39)42/h1-25H. The molecule has 10 rings (SSSR count). The number of pyridine rings is 1. The Labute approximate surface area is 247 Å². The number of para-hydroxylation sites is 4. The molecule has 43 heavy (non-hydrogen) atoms. The van der Waals surface area contributed by atoms with Crippen LogP contribution in [0, 0.1) is 0 Å². The van der Waals surface area contributed by atoms with Gasteiger partial charge in [0.25, 0.3) is 0 Å². The Morgan fingerprint density at radius 2 is 0.907 bits per heavy atom. The summed E-state index contributed by atoms with van der Waals surface area (Å²) in [6.45, 7) is 0. The Hall–Kier alpha value is -5.80. The quantitative estimate of drug-likeness (QED) is 0.204. The van der Waals surface area contributed by atoms with Crippen molar-refractivity contribution in [2.45, 2.75) is 0 Å². The number of fused-ring (bicyclic) bond motifs is 13. The number of benzene rings is 6. The molecule has 0 amide bonds. The molecule has 0 radical (unpaired) electrons. The van der Waals surface area contributed by atoms with Crippen molar-refractivity contribution >= 4 is 70.9 Å². The Morgan fingerprint density at radius 3 is 1.70 bits per heavy atom. The van der Waals surface area contributed by atoms with Crippen LogP contribution in [-0.2, 0) is 0 Å². The second-order valence-corrected chi connectivity index (χ2v) is 11.4. The van der Waals surface area contributed by atoms with Gasteiger partial charge in [0.1, 0.15) is 5.65 Å². The molecule has 0 saturated carbocycles. The van der Waals surface area contributed by atoms with Crippen LogP contribution in [0.3, 0.4) is 0 Å². The van der Waals surface area contributed by atoms with Crippen molar-refractivity contribution in [1.29, 1.82) is 0 Å². The van der Waals surface area contributed by atoms with Gasteiger partial charge >= 0.3 is 0 Å². The van der Waals surface area contributed by atoms with Crippen molar-refractivity contribution in [3.8, 4) is 11.4 Å². The first kappa shape index (κ1) is 22.8. The van der Waals surface area contributed by atoms with E-state index in [2.05, 4.69) is 165 Å². The van der Waals surface area contributed by atoms with Gasteiger partial charge in [0.2, 0.25) is 0 Å². The first-order valence-electron chi connectivity index (χ1n) is 14.8. The third-order valence-electron chi connectivity index (χ3n) is 9.17. The molecule has 0 spiro atoms. The zero-order chi connectivity index (χ0) is 28.1. The lowest BCUT2D eigenvalue weighted by Crippen LogP contribution is -2.00. The molecule has 0 aliphatic carbocycles. The normalized spacial score (nSPS) is 12.2. The summed E-state index contributed by atoms with van der Waals surface area (Å²) in [4.78, 5) is 0. The first-order chi connectivity index (χ1) is 21.4. The van der Waals surface area contributed by atoms with E-state index in [-0.39, 0.29) is 0 Å². The molecule has 0 aliphatic rings. The van der Waals surface area contributed by atoms with Gasteiger partial charge in [-0.1, -0.05) is 97.1 Å². The highest BCUT2D eigenvalue weighted by atomic mass is 15.1. The van der Waals surface area contributed by atoms with Gasteiger partial charge in [0.05, 0.1) is 27.6 Å². The molecule has 0 unspecified atom stereocenters. The van der Waals surface area contributed by atoms with Crippen LogP contribution in [0.25, 0.3) is 82.3 Å². The summed E-state index contributed by atoms with van der Waals surface area (Å²) in [6.07, 6.45) is 0. The number of aromatic nitrogens is 3. The maximum Gasteiger partial charge on any atom is 0.131 e. The minimum atomic E-state index is 1.16. The van der Waals surface area contributed by atoms with E-state index in [1.54, 1.807) is 0 Å². The van der Waals surface area contributed by atoms with Crippen LogP contribution in [0.4, 0.5) is 0 Å². The topological polar surface area (TPSA) is 14.3 Å². The van der Waals surface area contributed by atoms with Crippen molar-refractivity contribution in [3.63, 3.8) is 0 Å². The lowest BCUT2D eigenvalue weighted by atomic mass is 10.1. The fraction of sp³-hybridized carbons (Fsp3) is 0. The van der Waals surface area contributed by atoms with Gasteiger partial charge < -0.3 is 4.57 Å². The maximum absolute atomic E-state index is 2.48. The Balaban J connectivity index is 1.41. The van der Waals surface area contributed by atoms with Gasteiger partial charge in [-0.05, 0) is 60.0 Å². The number of nitrogens with zero attached hydrogens (tertiary/aromatic N) is 3. The summed E-state index contributed by atoms with van der Waals surface area (Å²) < 4.78 is 7.33. The Bertz CT molecular complexity index is 2720. The molecule has 4 heterocycles. The molecule has 0 atom stereocenters. The summed E-state index contributed by atoms with van der Waals surface area (Å²) in [5.74, 6) is 0. The summed E-state index contributed by atoms with van der Waals surface area (Å²) in [7, 11) is 0. The Kier molecular flexibility index (Phi) is 4.45. The number of hydrogen-bond donors (Lipinski definition) is 0. The predicted molar refractivity (Wildman–Crippen MR) is 181 cm³/mol. The molecular weight excluding hydrogens is 522 g/mol. The second-order valence-electron chi connectivity index (χ2n) is 11.4. The summed E-state index contributed by atoms with van der Waals surface area (Å²) in [5.41, 5.74) is 9.61. The van der Waals surface area contributed by atoms with Crippen LogP contribution in [0.15, 0.2) is 152 Å². The van der Waals surface area contributed by atoms with Gasteiger partial charge in [0, 0.05) is 43.7 Å². The van der Waals surface area contributed by atoms with Crippen LogP contribution in [0.5, 0.6) is 0 Å². The van der Waals surface area contributed by atoms with Crippen molar-refractivity contribution in [2.75, 3.05) is 0 Å². The smallest absolute Gasteiger partial charge is 0.131 e. The highest BCUT2D eigenvalue weighted by Crippen LogP contribution is 2.42. The lowest BCUT2D eigenvalue weighted by Gasteiger charge is -2.13. The molecule has 0 fully saturated rings. The van der Waals surface area contributed by atoms with Crippen LogP contribution in [0.1, 0.15) is 0 Å². The lowest BCUT2D eigenvalue weighted by molar-refractivity contribution is 1.12. The van der Waals surface area contributed by atoms with E-state index in [4.69, 9.17) is 0 Å². The minimum Gasteiger partial charge on any atom is -0.309 e. The minimum absolute atomic E-state index is 1.16. The third kappa shape index (κ3) is 2.98. The predicted octanol–water partition coefficient (Wildman–Crippen LogP) is 10.4. The molecule has 0 aliphatic heterocycles. The monoisotopic (exact) mass is 547 g/mol. The van der Waals surface area contributed by atoms with Gasteiger partial charge in [-0.3, -0.25) is 8.97 Å². The van der Waals surface area contributed by atoms with E-state index in [1.165, 1.54) is 76.6 Å². The van der Waals surface area contributed by atoms with Crippen LogP contribution in [0.2, 0.25) is 0 Å². The molecular formula is C40H25N3. The van der Waals surface area contributed by atoms with Crippen LogP contribution in [-0.4, -0.2) is 13.5 Å². The van der Waals surface area contributed by atoms with E-state index in [0.29, 0.717) is 0 Å². The fourth-order valence-electron chi connectivity index (χ4n) is 7.43. The van der Waals surface area contributed by atoms with Crippen molar-refractivity contribution in [2.24, 2.45) is 0 Å². The number of hydrogen-bond acceptors (Lipinski definition) is 0. The van der Waals surface area contributed by atoms with E-state index < -0.39 is 0 Å². The van der Waals surface area contributed by atoms with Crippen molar-refractivity contribution in [1.82, 2.24) is 13.5 Å². The molecule has 0 saturated heterocycles. The van der Waals surface area contributed by atoms with Crippen molar-refractivity contribution in [3.05, 3.63) is 152 Å². The summed E-state index contributed by atoms with van der Waals surface area (Å²) in [5, 5.41) is 8.86. The highest BCUT2D eigenvalue weighted by Gasteiger charge is 2.21. The summed E-state index contributed by atoms with van der Waals surface area (Å²) in [6, 6.07) is 55.2. The molecule has 6 aromatic carbocycles.